The zero-order chi connectivity index (χ0) is 15.3. The van der Waals surface area contributed by atoms with Gasteiger partial charge in [0.2, 0.25) is 0 Å². The van der Waals surface area contributed by atoms with Crippen LogP contribution in [-0.4, -0.2) is 31.8 Å². The summed E-state index contributed by atoms with van der Waals surface area (Å²) >= 11 is 2.17. The number of nitrogens with one attached hydrogen (secondary N) is 2. The number of aromatic nitrogens is 2. The van der Waals surface area contributed by atoms with Crippen LogP contribution in [0.1, 0.15) is 6.42 Å². The number of anilines is 1. The van der Waals surface area contributed by atoms with E-state index >= 15 is 0 Å². The molecule has 1 heterocycles. The molecular weight excluding hydrogens is 403 g/mol. The lowest BCUT2D eigenvalue weighted by molar-refractivity contribution is 0.561. The molecule has 8 heteroatoms. The quantitative estimate of drug-likeness (QED) is 0.530. The van der Waals surface area contributed by atoms with Gasteiger partial charge >= 0.3 is 0 Å². The van der Waals surface area contributed by atoms with Crippen LogP contribution in [0.3, 0.4) is 0 Å². The molecule has 1 aromatic heterocycles. The van der Waals surface area contributed by atoms with E-state index in [1.54, 1.807) is 23.0 Å². The maximum Gasteiger partial charge on any atom is 0.265 e. The highest BCUT2D eigenvalue weighted by Gasteiger charge is 2.16. The Morgan fingerprint density at radius 1 is 1.29 bits per heavy atom. The molecule has 1 aromatic carbocycles. The van der Waals surface area contributed by atoms with Crippen molar-refractivity contribution in [1.29, 1.82) is 0 Å². The number of aryl methyl sites for hydroxylation is 1. The third-order valence-corrected chi connectivity index (χ3v) is 4.89. The number of halogens is 1. The van der Waals surface area contributed by atoms with Crippen LogP contribution in [0.2, 0.25) is 0 Å². The molecule has 0 unspecified atom stereocenters. The van der Waals surface area contributed by atoms with Crippen molar-refractivity contribution in [2.24, 2.45) is 0 Å². The second-order valence-corrected chi connectivity index (χ2v) is 7.44. The first-order chi connectivity index (χ1) is 10.0. The van der Waals surface area contributed by atoms with Crippen molar-refractivity contribution < 1.29 is 8.42 Å². The van der Waals surface area contributed by atoms with Gasteiger partial charge in [0.05, 0.1) is 6.20 Å². The van der Waals surface area contributed by atoms with Gasteiger partial charge in [-0.1, -0.05) is 0 Å². The Morgan fingerprint density at radius 2 is 2.00 bits per heavy atom. The SMILES string of the molecule is CNCCCn1cc(S(=O)(=O)Nc2ccc(I)cc2)cn1. The lowest BCUT2D eigenvalue weighted by Crippen LogP contribution is -2.13. The lowest BCUT2D eigenvalue weighted by atomic mass is 10.3. The summed E-state index contributed by atoms with van der Waals surface area (Å²) in [5.41, 5.74) is 0.540. The molecule has 0 fully saturated rings. The van der Waals surface area contributed by atoms with Gasteiger partial charge in [-0.15, -0.1) is 0 Å². The molecule has 0 aliphatic rings. The third-order valence-electron chi connectivity index (χ3n) is 2.83. The van der Waals surface area contributed by atoms with Crippen LogP contribution in [0.5, 0.6) is 0 Å². The first-order valence-electron chi connectivity index (χ1n) is 6.47. The van der Waals surface area contributed by atoms with Crippen LogP contribution in [0.15, 0.2) is 41.6 Å². The average molecular weight is 420 g/mol. The van der Waals surface area contributed by atoms with E-state index in [-0.39, 0.29) is 4.90 Å². The molecule has 0 spiro atoms. The second kappa shape index (κ2) is 7.23. The predicted molar refractivity (Wildman–Crippen MR) is 90.7 cm³/mol. The molecule has 0 bridgehead atoms. The number of sulfonamides is 1. The molecule has 0 aliphatic carbocycles. The van der Waals surface area contributed by atoms with Gasteiger partial charge in [0.15, 0.2) is 0 Å². The minimum Gasteiger partial charge on any atom is -0.320 e. The topological polar surface area (TPSA) is 76.0 Å². The van der Waals surface area contributed by atoms with E-state index < -0.39 is 10.0 Å². The highest BCUT2D eigenvalue weighted by molar-refractivity contribution is 14.1. The first kappa shape index (κ1) is 16.2. The molecule has 0 radical (unpaired) electrons. The molecule has 0 saturated carbocycles. The molecule has 2 rings (SSSR count). The van der Waals surface area contributed by atoms with Gasteiger partial charge in [-0.05, 0) is 66.9 Å². The normalized spacial score (nSPS) is 11.5. The average Bonchev–Trinajstić information content (AvgIpc) is 2.91. The second-order valence-electron chi connectivity index (χ2n) is 4.51. The van der Waals surface area contributed by atoms with E-state index in [4.69, 9.17) is 0 Å². The highest BCUT2D eigenvalue weighted by Crippen LogP contribution is 2.16. The van der Waals surface area contributed by atoms with Gasteiger partial charge < -0.3 is 5.32 Å². The number of hydrogen-bond donors (Lipinski definition) is 2. The van der Waals surface area contributed by atoms with Gasteiger partial charge in [0.1, 0.15) is 4.90 Å². The summed E-state index contributed by atoms with van der Waals surface area (Å²) in [6.07, 6.45) is 3.81. The van der Waals surface area contributed by atoms with Crippen molar-refractivity contribution in [3.8, 4) is 0 Å². The highest BCUT2D eigenvalue weighted by atomic mass is 127. The van der Waals surface area contributed by atoms with Crippen LogP contribution in [0.4, 0.5) is 5.69 Å². The van der Waals surface area contributed by atoms with Gasteiger partial charge in [0, 0.05) is 22.0 Å². The van der Waals surface area contributed by atoms with E-state index in [1.165, 1.54) is 6.20 Å². The molecule has 2 aromatic rings. The predicted octanol–water partition coefficient (Wildman–Crippen LogP) is 1.90. The van der Waals surface area contributed by atoms with Crippen molar-refractivity contribution in [2.45, 2.75) is 17.9 Å². The Kier molecular flexibility index (Phi) is 5.59. The van der Waals surface area contributed by atoms with Crippen LogP contribution >= 0.6 is 22.6 Å². The standard InChI is InChI=1S/C13H17IN4O2S/c1-15-7-2-8-18-10-13(9-16-18)21(19,20)17-12-5-3-11(14)4-6-12/h3-6,9-10,15,17H,2,7-8H2,1H3. The van der Waals surface area contributed by atoms with E-state index in [9.17, 15) is 8.42 Å². The molecule has 0 saturated heterocycles. The number of benzene rings is 1. The van der Waals surface area contributed by atoms with E-state index in [2.05, 4.69) is 37.7 Å². The lowest BCUT2D eigenvalue weighted by Gasteiger charge is -2.06. The van der Waals surface area contributed by atoms with Gasteiger partial charge in [0.25, 0.3) is 10.0 Å². The van der Waals surface area contributed by atoms with E-state index in [1.807, 2.05) is 19.2 Å². The summed E-state index contributed by atoms with van der Waals surface area (Å²) in [5, 5.41) is 7.12. The molecule has 0 aliphatic heterocycles. The molecule has 21 heavy (non-hydrogen) atoms. The molecule has 114 valence electrons. The van der Waals surface area contributed by atoms with Gasteiger partial charge in [-0.3, -0.25) is 9.40 Å². The van der Waals surface area contributed by atoms with Crippen LogP contribution < -0.4 is 10.0 Å². The summed E-state index contributed by atoms with van der Waals surface area (Å²) in [5.74, 6) is 0. The number of nitrogens with zero attached hydrogens (tertiary/aromatic N) is 2. The zero-order valence-corrected chi connectivity index (χ0v) is 14.6. The minimum absolute atomic E-state index is 0.172. The fraction of sp³-hybridized carbons (Fsp3) is 0.308. The molecule has 6 nitrogen and oxygen atoms in total. The van der Waals surface area contributed by atoms with Crippen molar-refractivity contribution in [1.82, 2.24) is 15.1 Å². The Balaban J connectivity index is 2.07. The van der Waals surface area contributed by atoms with Gasteiger partial charge in [-0.25, -0.2) is 8.42 Å². The molecule has 0 atom stereocenters. The summed E-state index contributed by atoms with van der Waals surface area (Å²) in [6.45, 7) is 1.54. The Bertz CT molecular complexity index is 682. The summed E-state index contributed by atoms with van der Waals surface area (Å²) in [6, 6.07) is 7.16. The number of rotatable bonds is 7. The smallest absolute Gasteiger partial charge is 0.265 e. The van der Waals surface area contributed by atoms with E-state index in [0.717, 1.165) is 16.5 Å². The summed E-state index contributed by atoms with van der Waals surface area (Å²) < 4.78 is 29.7. The van der Waals surface area contributed by atoms with Crippen LogP contribution in [0.25, 0.3) is 0 Å². The summed E-state index contributed by atoms with van der Waals surface area (Å²) in [4.78, 5) is 0.172. The zero-order valence-electron chi connectivity index (χ0n) is 11.6. The Hall–Kier alpha value is -1.13. The largest absolute Gasteiger partial charge is 0.320 e. The van der Waals surface area contributed by atoms with Crippen LogP contribution in [-0.2, 0) is 16.6 Å². The maximum absolute atomic E-state index is 12.3. The Morgan fingerprint density at radius 3 is 2.67 bits per heavy atom. The Labute approximate surface area is 138 Å². The molecule has 2 N–H and O–H groups in total. The third kappa shape index (κ3) is 4.68. The van der Waals surface area contributed by atoms with Gasteiger partial charge in [-0.2, -0.15) is 5.10 Å². The van der Waals surface area contributed by atoms with Crippen molar-refractivity contribution in [3.05, 3.63) is 40.2 Å². The fourth-order valence-corrected chi connectivity index (χ4v) is 3.13. The van der Waals surface area contributed by atoms with E-state index in [0.29, 0.717) is 12.2 Å². The molecule has 0 amide bonds. The maximum atomic E-state index is 12.3. The fourth-order valence-electron chi connectivity index (χ4n) is 1.76. The van der Waals surface area contributed by atoms with Crippen LogP contribution in [0, 0.1) is 3.57 Å². The molecular formula is C13H17IN4O2S. The first-order valence-corrected chi connectivity index (χ1v) is 9.03. The van der Waals surface area contributed by atoms with Crippen molar-refractivity contribution in [2.75, 3.05) is 18.3 Å². The monoisotopic (exact) mass is 420 g/mol. The minimum atomic E-state index is -3.59. The summed E-state index contributed by atoms with van der Waals surface area (Å²) in [7, 11) is -1.71. The van der Waals surface area contributed by atoms with Crippen molar-refractivity contribution >= 4 is 38.3 Å². The van der Waals surface area contributed by atoms with Crippen molar-refractivity contribution in [3.63, 3.8) is 0 Å². The number of hydrogen-bond acceptors (Lipinski definition) is 4.